The van der Waals surface area contributed by atoms with Gasteiger partial charge in [0.2, 0.25) is 0 Å². The van der Waals surface area contributed by atoms with Crippen LogP contribution in [-0.4, -0.2) is 17.8 Å². The molecule has 0 aliphatic carbocycles. The van der Waals surface area contributed by atoms with Gasteiger partial charge < -0.3 is 9.47 Å². The molecule has 3 atom stereocenters. The first kappa shape index (κ1) is 11.9. The van der Waals surface area contributed by atoms with Crippen LogP contribution < -0.4 is 0 Å². The van der Waals surface area contributed by atoms with Gasteiger partial charge in [0, 0.05) is 13.0 Å². The lowest BCUT2D eigenvalue weighted by Crippen LogP contribution is -2.52. The molecule has 1 spiro atoms. The first-order chi connectivity index (χ1) is 9.18. The van der Waals surface area contributed by atoms with Gasteiger partial charge in [-0.2, -0.15) is 0 Å². The summed E-state index contributed by atoms with van der Waals surface area (Å²) in [5.74, 6) is 0. The highest BCUT2D eigenvalue weighted by Crippen LogP contribution is 2.64. The first-order valence-corrected chi connectivity index (χ1v) is 7.58. The molecule has 2 heteroatoms. The van der Waals surface area contributed by atoms with E-state index in [1.54, 1.807) is 0 Å². The van der Waals surface area contributed by atoms with Gasteiger partial charge in [-0.25, -0.2) is 0 Å². The molecule has 0 radical (unpaired) electrons. The molecule has 1 aromatic rings. The average Bonchev–Trinajstić information content (AvgIpc) is 2.91. The Kier molecular flexibility index (Phi) is 2.40. The molecule has 0 unspecified atom stereocenters. The second-order valence-electron chi connectivity index (χ2n) is 6.72. The molecule has 0 amide bonds. The van der Waals surface area contributed by atoms with Crippen LogP contribution in [0.2, 0.25) is 0 Å². The average molecular weight is 258 g/mol. The Balaban J connectivity index is 1.83. The Labute approximate surface area is 115 Å². The SMILES string of the molecule is C[C@]12CC[C@](c3ccccc3)(O1)[C@]1(CCCCO1)C2. The van der Waals surface area contributed by atoms with E-state index in [0.717, 1.165) is 32.3 Å². The zero-order valence-corrected chi connectivity index (χ0v) is 11.7. The summed E-state index contributed by atoms with van der Waals surface area (Å²) in [4.78, 5) is 0. The Hall–Kier alpha value is -0.860. The number of fused-ring (bicyclic) bond motifs is 3. The summed E-state index contributed by atoms with van der Waals surface area (Å²) in [7, 11) is 0. The fraction of sp³-hybridized carbons (Fsp3) is 0.647. The maximum absolute atomic E-state index is 6.60. The number of benzene rings is 1. The first-order valence-electron chi connectivity index (χ1n) is 7.58. The molecule has 19 heavy (non-hydrogen) atoms. The number of hydrogen-bond acceptors (Lipinski definition) is 2. The summed E-state index contributed by atoms with van der Waals surface area (Å²) in [6.07, 6.45) is 6.95. The fourth-order valence-electron chi connectivity index (χ4n) is 4.64. The van der Waals surface area contributed by atoms with Crippen LogP contribution in [0.25, 0.3) is 0 Å². The second-order valence-corrected chi connectivity index (χ2v) is 6.72. The van der Waals surface area contributed by atoms with E-state index < -0.39 is 0 Å². The van der Waals surface area contributed by atoms with E-state index in [-0.39, 0.29) is 16.8 Å². The van der Waals surface area contributed by atoms with Crippen LogP contribution >= 0.6 is 0 Å². The maximum atomic E-state index is 6.60. The summed E-state index contributed by atoms with van der Waals surface area (Å²) in [6, 6.07) is 10.8. The van der Waals surface area contributed by atoms with E-state index in [1.807, 2.05) is 0 Å². The van der Waals surface area contributed by atoms with Gasteiger partial charge in [0.05, 0.1) is 5.60 Å². The molecule has 0 N–H and O–H groups in total. The van der Waals surface area contributed by atoms with Crippen molar-refractivity contribution in [3.63, 3.8) is 0 Å². The standard InChI is InChI=1S/C17H22O2/c1-15-10-11-17(19-15,14-7-3-2-4-8-14)16(13-15)9-5-6-12-18-16/h2-4,7-8H,5-6,9-13H2,1H3/t15-,16+,17-/m1/s1. The Morgan fingerprint density at radius 1 is 1.00 bits per heavy atom. The molecule has 0 saturated carbocycles. The zero-order chi connectivity index (χ0) is 13.0. The molecule has 2 nitrogen and oxygen atoms in total. The van der Waals surface area contributed by atoms with Gasteiger partial charge in [0.1, 0.15) is 11.2 Å². The van der Waals surface area contributed by atoms with Crippen molar-refractivity contribution in [3.05, 3.63) is 35.9 Å². The Morgan fingerprint density at radius 3 is 2.53 bits per heavy atom. The summed E-state index contributed by atoms with van der Waals surface area (Å²) >= 11 is 0. The Bertz CT molecular complexity index is 477. The monoisotopic (exact) mass is 258 g/mol. The molecule has 4 rings (SSSR count). The van der Waals surface area contributed by atoms with Crippen molar-refractivity contribution in [1.82, 2.24) is 0 Å². The molecule has 3 aliphatic heterocycles. The van der Waals surface area contributed by atoms with Crippen LogP contribution in [0.4, 0.5) is 0 Å². The van der Waals surface area contributed by atoms with Crippen molar-refractivity contribution >= 4 is 0 Å². The predicted molar refractivity (Wildman–Crippen MR) is 74.0 cm³/mol. The molecule has 3 saturated heterocycles. The summed E-state index contributed by atoms with van der Waals surface area (Å²) in [5.41, 5.74) is 1.08. The number of rotatable bonds is 1. The third kappa shape index (κ3) is 1.50. The van der Waals surface area contributed by atoms with Crippen molar-refractivity contribution in [2.45, 2.75) is 62.3 Å². The largest absolute Gasteiger partial charge is 0.372 e. The molecular formula is C17H22O2. The zero-order valence-electron chi connectivity index (χ0n) is 11.7. The molecule has 2 bridgehead atoms. The minimum atomic E-state index is -0.191. The Morgan fingerprint density at radius 2 is 1.84 bits per heavy atom. The van der Waals surface area contributed by atoms with Gasteiger partial charge >= 0.3 is 0 Å². The molecule has 0 aromatic heterocycles. The second kappa shape index (κ2) is 3.83. The van der Waals surface area contributed by atoms with Crippen molar-refractivity contribution in [2.24, 2.45) is 0 Å². The van der Waals surface area contributed by atoms with Gasteiger partial charge in [-0.3, -0.25) is 0 Å². The number of ether oxygens (including phenoxy) is 2. The van der Waals surface area contributed by atoms with Crippen LogP contribution in [0.1, 0.15) is 51.0 Å². The summed E-state index contributed by atoms with van der Waals surface area (Å²) < 4.78 is 13.0. The van der Waals surface area contributed by atoms with Crippen LogP contribution in [-0.2, 0) is 15.1 Å². The third-order valence-corrected chi connectivity index (χ3v) is 5.42. The minimum Gasteiger partial charge on any atom is -0.372 e. The highest BCUT2D eigenvalue weighted by Gasteiger charge is 2.69. The molecule has 1 aromatic carbocycles. The van der Waals surface area contributed by atoms with Gasteiger partial charge in [0.15, 0.2) is 0 Å². The van der Waals surface area contributed by atoms with E-state index in [1.165, 1.54) is 18.4 Å². The van der Waals surface area contributed by atoms with Gasteiger partial charge in [-0.05, 0) is 44.6 Å². The van der Waals surface area contributed by atoms with Crippen molar-refractivity contribution in [1.29, 1.82) is 0 Å². The van der Waals surface area contributed by atoms with Crippen LogP contribution in [0, 0.1) is 0 Å². The highest BCUT2D eigenvalue weighted by atomic mass is 16.6. The minimum absolute atomic E-state index is 0.0210. The smallest absolute Gasteiger partial charge is 0.123 e. The maximum Gasteiger partial charge on any atom is 0.123 e. The van der Waals surface area contributed by atoms with E-state index in [4.69, 9.17) is 9.47 Å². The lowest BCUT2D eigenvalue weighted by molar-refractivity contribution is -0.175. The molecule has 3 aliphatic rings. The lowest BCUT2D eigenvalue weighted by atomic mass is 9.65. The van der Waals surface area contributed by atoms with Gasteiger partial charge in [0.25, 0.3) is 0 Å². The van der Waals surface area contributed by atoms with Crippen LogP contribution in [0.3, 0.4) is 0 Å². The molecule has 3 heterocycles. The lowest BCUT2D eigenvalue weighted by Gasteiger charge is -2.47. The quantitative estimate of drug-likeness (QED) is 0.763. The molecule has 102 valence electrons. The summed E-state index contributed by atoms with van der Waals surface area (Å²) in [5, 5.41) is 0. The van der Waals surface area contributed by atoms with Crippen molar-refractivity contribution < 1.29 is 9.47 Å². The topological polar surface area (TPSA) is 18.5 Å². The van der Waals surface area contributed by atoms with Gasteiger partial charge in [-0.15, -0.1) is 0 Å². The summed E-state index contributed by atoms with van der Waals surface area (Å²) in [6.45, 7) is 3.17. The van der Waals surface area contributed by atoms with Crippen molar-refractivity contribution in [3.8, 4) is 0 Å². The van der Waals surface area contributed by atoms with E-state index in [9.17, 15) is 0 Å². The highest BCUT2D eigenvalue weighted by molar-refractivity contribution is 5.33. The van der Waals surface area contributed by atoms with E-state index in [2.05, 4.69) is 37.3 Å². The van der Waals surface area contributed by atoms with Crippen LogP contribution in [0.5, 0.6) is 0 Å². The molecular weight excluding hydrogens is 236 g/mol. The predicted octanol–water partition coefficient (Wildman–Crippen LogP) is 3.79. The third-order valence-electron chi connectivity index (χ3n) is 5.42. The van der Waals surface area contributed by atoms with E-state index in [0.29, 0.717) is 0 Å². The number of hydrogen-bond donors (Lipinski definition) is 0. The normalized spacial score (nSPS) is 44.9. The van der Waals surface area contributed by atoms with Crippen LogP contribution in [0.15, 0.2) is 30.3 Å². The van der Waals surface area contributed by atoms with E-state index >= 15 is 0 Å². The van der Waals surface area contributed by atoms with Gasteiger partial charge in [-0.1, -0.05) is 30.3 Å². The van der Waals surface area contributed by atoms with Crippen molar-refractivity contribution in [2.75, 3.05) is 6.61 Å². The fourth-order valence-corrected chi connectivity index (χ4v) is 4.64. The molecule has 3 fully saturated rings.